The van der Waals surface area contributed by atoms with Gasteiger partial charge >= 0.3 is 0 Å². The van der Waals surface area contributed by atoms with Gasteiger partial charge in [0.05, 0.1) is 34.8 Å². The van der Waals surface area contributed by atoms with Crippen molar-refractivity contribution in [1.82, 2.24) is 25.0 Å². The largest absolute Gasteiger partial charge is 0.378 e. The summed E-state index contributed by atoms with van der Waals surface area (Å²) < 4.78 is 8.76. The minimum absolute atomic E-state index is 0.0636. The number of thiophene rings is 1. The van der Waals surface area contributed by atoms with Gasteiger partial charge in [-0.25, -0.2) is 9.67 Å². The number of nitrogens with zero attached hydrogens (tertiary/aromatic N) is 5. The first-order valence-corrected chi connectivity index (χ1v) is 14.2. The number of hydrogen-bond acceptors (Lipinski definition) is 7. The molecular weight excluding hydrogens is 496 g/mol. The molecule has 0 saturated carbocycles. The Morgan fingerprint density at radius 2 is 1.92 bits per heavy atom. The molecule has 1 amide bonds. The minimum Gasteiger partial charge on any atom is -0.378 e. The summed E-state index contributed by atoms with van der Waals surface area (Å²) in [6.07, 6.45) is 3.99. The maximum atomic E-state index is 11.4. The van der Waals surface area contributed by atoms with Gasteiger partial charge in [0, 0.05) is 68.4 Å². The van der Waals surface area contributed by atoms with E-state index >= 15 is 0 Å². The molecule has 2 aliphatic heterocycles. The lowest BCUT2D eigenvalue weighted by atomic mass is 10.1. The third kappa shape index (κ3) is 5.45. The van der Waals surface area contributed by atoms with Crippen LogP contribution in [-0.4, -0.2) is 71.0 Å². The topological polar surface area (TPSA) is 75.5 Å². The van der Waals surface area contributed by atoms with E-state index < -0.39 is 0 Å². The van der Waals surface area contributed by atoms with Crippen LogP contribution in [0.15, 0.2) is 48.7 Å². The number of carbonyl (C=O) groups is 1. The molecule has 8 nitrogen and oxygen atoms in total. The third-order valence-corrected chi connectivity index (χ3v) is 8.49. The number of anilines is 1. The number of fused-ring (bicyclic) bond motifs is 1. The summed E-state index contributed by atoms with van der Waals surface area (Å²) >= 11 is 1.84. The number of aromatic nitrogens is 3. The van der Waals surface area contributed by atoms with E-state index in [4.69, 9.17) is 14.8 Å². The Hall–Kier alpha value is -3.27. The standard InChI is InChI=1S/C29H34N6O2S/c1-20-4-3-5-22(16-20)25-8-11-35(32-25)28-18-27(34-12-14-37-15-13-34)29-26(31-28)17-24(38-29)19-33-9-6-23(7-10-33)30-21(2)36/h3-5,8,11,16-18,23H,6-7,9-10,12-15,19H2,1-2H3,(H,30,36). The first kappa shape index (κ1) is 25.0. The van der Waals surface area contributed by atoms with Crippen molar-refractivity contribution in [2.75, 3.05) is 44.3 Å². The SMILES string of the molecule is CC(=O)NC1CCN(Cc2cc3nc(-n4ccc(-c5cccc(C)c5)n4)cc(N4CCOCC4)c3s2)CC1. The van der Waals surface area contributed by atoms with E-state index in [-0.39, 0.29) is 5.91 Å². The average Bonchev–Trinajstić information content (AvgIpc) is 3.57. The molecule has 0 spiro atoms. The average molecular weight is 531 g/mol. The molecule has 0 bridgehead atoms. The molecular formula is C29H34N6O2S. The smallest absolute Gasteiger partial charge is 0.217 e. The minimum atomic E-state index is 0.0636. The number of nitrogens with one attached hydrogen (secondary N) is 1. The molecule has 5 heterocycles. The molecule has 198 valence electrons. The van der Waals surface area contributed by atoms with Gasteiger partial charge in [0.15, 0.2) is 5.82 Å². The zero-order valence-electron chi connectivity index (χ0n) is 22.0. The molecule has 0 unspecified atom stereocenters. The molecule has 1 N–H and O–H groups in total. The summed E-state index contributed by atoms with van der Waals surface area (Å²) in [5.41, 5.74) is 5.50. The molecule has 1 aromatic carbocycles. The van der Waals surface area contributed by atoms with Crippen molar-refractivity contribution in [2.24, 2.45) is 0 Å². The molecule has 6 rings (SSSR count). The number of piperidine rings is 1. The van der Waals surface area contributed by atoms with Gasteiger partial charge in [-0.15, -0.1) is 11.3 Å². The van der Waals surface area contributed by atoms with E-state index in [1.165, 1.54) is 20.8 Å². The number of rotatable bonds is 6. The maximum absolute atomic E-state index is 11.4. The Balaban J connectivity index is 1.29. The summed E-state index contributed by atoms with van der Waals surface area (Å²) in [6.45, 7) is 9.80. The van der Waals surface area contributed by atoms with Crippen molar-refractivity contribution >= 4 is 33.1 Å². The molecule has 9 heteroatoms. The maximum Gasteiger partial charge on any atom is 0.217 e. The lowest BCUT2D eigenvalue weighted by Gasteiger charge is -2.31. The van der Waals surface area contributed by atoms with Crippen LogP contribution < -0.4 is 10.2 Å². The van der Waals surface area contributed by atoms with E-state index in [9.17, 15) is 4.79 Å². The highest BCUT2D eigenvalue weighted by Crippen LogP contribution is 2.36. The molecule has 38 heavy (non-hydrogen) atoms. The van der Waals surface area contributed by atoms with Crippen LogP contribution in [0.4, 0.5) is 5.69 Å². The molecule has 0 aliphatic carbocycles. The van der Waals surface area contributed by atoms with Crippen LogP contribution in [0.3, 0.4) is 0 Å². The second-order valence-corrected chi connectivity index (χ2v) is 11.4. The summed E-state index contributed by atoms with van der Waals surface area (Å²) in [5, 5.41) is 7.96. The Morgan fingerprint density at radius 3 is 2.68 bits per heavy atom. The fraction of sp³-hybridized carbons (Fsp3) is 0.414. The molecule has 2 aliphatic rings. The lowest BCUT2D eigenvalue weighted by molar-refractivity contribution is -0.119. The number of hydrogen-bond donors (Lipinski definition) is 1. The van der Waals surface area contributed by atoms with Crippen LogP contribution in [0.2, 0.25) is 0 Å². The highest BCUT2D eigenvalue weighted by atomic mass is 32.1. The molecule has 4 aromatic rings. The Morgan fingerprint density at radius 1 is 1.11 bits per heavy atom. The number of aryl methyl sites for hydroxylation is 1. The number of carbonyl (C=O) groups excluding carboxylic acids is 1. The van der Waals surface area contributed by atoms with Crippen molar-refractivity contribution in [3.63, 3.8) is 0 Å². The number of morpholine rings is 1. The second-order valence-electron chi connectivity index (χ2n) is 10.3. The fourth-order valence-electron chi connectivity index (χ4n) is 5.43. The fourth-order valence-corrected chi connectivity index (χ4v) is 6.61. The van der Waals surface area contributed by atoms with Gasteiger partial charge in [0.1, 0.15) is 0 Å². The normalized spacial score (nSPS) is 17.3. The number of likely N-dealkylation sites (tertiary alicyclic amines) is 1. The quantitative estimate of drug-likeness (QED) is 0.399. The van der Waals surface area contributed by atoms with Crippen molar-refractivity contribution in [1.29, 1.82) is 0 Å². The molecule has 3 aromatic heterocycles. The van der Waals surface area contributed by atoms with Gasteiger partial charge in [-0.2, -0.15) is 5.10 Å². The van der Waals surface area contributed by atoms with E-state index in [2.05, 4.69) is 64.5 Å². The highest BCUT2D eigenvalue weighted by Gasteiger charge is 2.22. The van der Waals surface area contributed by atoms with Crippen LogP contribution in [0, 0.1) is 6.92 Å². The van der Waals surface area contributed by atoms with Gasteiger partial charge in [-0.05, 0) is 38.0 Å². The van der Waals surface area contributed by atoms with E-state index in [1.54, 1.807) is 6.92 Å². The number of benzene rings is 1. The van der Waals surface area contributed by atoms with Crippen LogP contribution in [0.1, 0.15) is 30.2 Å². The summed E-state index contributed by atoms with van der Waals surface area (Å²) in [6, 6.07) is 15.2. The van der Waals surface area contributed by atoms with Gasteiger partial charge in [0.2, 0.25) is 5.91 Å². The van der Waals surface area contributed by atoms with E-state index in [0.717, 1.165) is 81.4 Å². The summed E-state index contributed by atoms with van der Waals surface area (Å²) in [4.78, 5) is 22.7. The first-order valence-electron chi connectivity index (χ1n) is 13.4. The van der Waals surface area contributed by atoms with Gasteiger partial charge in [0.25, 0.3) is 0 Å². The van der Waals surface area contributed by atoms with Crippen molar-refractivity contribution < 1.29 is 9.53 Å². The van der Waals surface area contributed by atoms with Crippen LogP contribution in [0.25, 0.3) is 27.3 Å². The van der Waals surface area contributed by atoms with Gasteiger partial charge in [-0.1, -0.05) is 23.8 Å². The van der Waals surface area contributed by atoms with Crippen molar-refractivity contribution in [3.05, 3.63) is 59.1 Å². The highest BCUT2D eigenvalue weighted by molar-refractivity contribution is 7.19. The molecule has 2 fully saturated rings. The second kappa shape index (κ2) is 10.8. The molecule has 2 saturated heterocycles. The predicted octanol–water partition coefficient (Wildman–Crippen LogP) is 4.39. The molecule has 0 radical (unpaired) electrons. The Labute approximate surface area is 227 Å². The lowest BCUT2D eigenvalue weighted by Crippen LogP contribution is -2.43. The van der Waals surface area contributed by atoms with E-state index in [1.807, 2.05) is 22.2 Å². The van der Waals surface area contributed by atoms with Crippen LogP contribution in [-0.2, 0) is 16.1 Å². The third-order valence-electron chi connectivity index (χ3n) is 7.36. The van der Waals surface area contributed by atoms with Gasteiger partial charge in [-0.3, -0.25) is 9.69 Å². The van der Waals surface area contributed by atoms with Gasteiger partial charge < -0.3 is 15.0 Å². The summed E-state index contributed by atoms with van der Waals surface area (Å²) in [5.74, 6) is 0.895. The zero-order chi connectivity index (χ0) is 26.1. The Kier molecular flexibility index (Phi) is 7.14. The predicted molar refractivity (Wildman–Crippen MR) is 152 cm³/mol. The van der Waals surface area contributed by atoms with Crippen LogP contribution in [0.5, 0.6) is 0 Å². The zero-order valence-corrected chi connectivity index (χ0v) is 22.8. The monoisotopic (exact) mass is 530 g/mol. The van der Waals surface area contributed by atoms with E-state index in [0.29, 0.717) is 6.04 Å². The first-order chi connectivity index (χ1) is 18.5. The van der Waals surface area contributed by atoms with Crippen molar-refractivity contribution in [3.8, 4) is 17.1 Å². The molecule has 0 atom stereocenters. The Bertz CT molecular complexity index is 1430. The van der Waals surface area contributed by atoms with Crippen LogP contribution >= 0.6 is 11.3 Å². The number of amides is 1. The van der Waals surface area contributed by atoms with Crippen molar-refractivity contribution in [2.45, 2.75) is 39.3 Å². The summed E-state index contributed by atoms with van der Waals surface area (Å²) in [7, 11) is 0. The number of ether oxygens (including phenoxy) is 1. The number of pyridine rings is 1.